The van der Waals surface area contributed by atoms with Gasteiger partial charge in [-0.1, -0.05) is 11.6 Å². The lowest BCUT2D eigenvalue weighted by Gasteiger charge is -2.14. The zero-order chi connectivity index (χ0) is 13.1. The lowest BCUT2D eigenvalue weighted by molar-refractivity contribution is 0.516. The van der Waals surface area contributed by atoms with Crippen LogP contribution in [0.5, 0.6) is 0 Å². The fourth-order valence-corrected chi connectivity index (χ4v) is 3.19. The van der Waals surface area contributed by atoms with Crippen LogP contribution in [0.4, 0.5) is 0 Å². The van der Waals surface area contributed by atoms with Crippen LogP contribution in [0.2, 0.25) is 5.02 Å². The second-order valence-electron chi connectivity index (χ2n) is 4.01. The fourth-order valence-electron chi connectivity index (χ4n) is 1.80. The topological polar surface area (TPSA) is 68.8 Å². The molecule has 0 fully saturated rings. The molecule has 2 heterocycles. The van der Waals surface area contributed by atoms with Gasteiger partial charge in [0.05, 0.1) is 11.1 Å². The Labute approximate surface area is 115 Å². The molecule has 0 aliphatic heterocycles. The highest BCUT2D eigenvalue weighted by molar-refractivity contribution is 7.10. The van der Waals surface area contributed by atoms with Gasteiger partial charge in [0, 0.05) is 17.8 Å². The minimum absolute atomic E-state index is 0.0364. The Morgan fingerprint density at radius 2 is 2.39 bits per heavy atom. The normalized spacial score (nSPS) is 12.9. The second-order valence-corrected chi connectivity index (χ2v) is 5.30. The number of nitrogens with one attached hydrogen (secondary N) is 1. The van der Waals surface area contributed by atoms with E-state index in [4.69, 9.17) is 17.4 Å². The summed E-state index contributed by atoms with van der Waals surface area (Å²) in [5.41, 5.74) is 3.88. The van der Waals surface area contributed by atoms with Crippen LogP contribution in [-0.4, -0.2) is 14.8 Å². The van der Waals surface area contributed by atoms with E-state index in [0.29, 0.717) is 6.42 Å². The standard InChI is InChI=1S/C11H16ClN5S/c1-3-17-9(14-6-15-17)4-8(16-13)11-10(12)7(2)5-18-11/h5-6,8,16H,3-4,13H2,1-2H3. The summed E-state index contributed by atoms with van der Waals surface area (Å²) in [5, 5.41) is 6.97. The second kappa shape index (κ2) is 5.79. The zero-order valence-electron chi connectivity index (χ0n) is 10.4. The number of thiophene rings is 1. The van der Waals surface area contributed by atoms with Crippen LogP contribution in [0, 0.1) is 6.92 Å². The SMILES string of the molecule is CCn1ncnc1CC(NN)c1scc(C)c1Cl. The van der Waals surface area contributed by atoms with Gasteiger partial charge in [-0.3, -0.25) is 16.0 Å². The van der Waals surface area contributed by atoms with Gasteiger partial charge in [0.15, 0.2) is 0 Å². The molecule has 2 aromatic heterocycles. The predicted octanol–water partition coefficient (Wildman–Crippen LogP) is 2.07. The number of aryl methyl sites for hydroxylation is 2. The van der Waals surface area contributed by atoms with Crippen molar-refractivity contribution >= 4 is 22.9 Å². The molecular formula is C11H16ClN5S. The smallest absolute Gasteiger partial charge is 0.138 e. The van der Waals surface area contributed by atoms with Crippen molar-refractivity contribution in [3.8, 4) is 0 Å². The van der Waals surface area contributed by atoms with Gasteiger partial charge in [-0.05, 0) is 24.8 Å². The third kappa shape index (κ3) is 2.56. The number of nitrogens with two attached hydrogens (primary N) is 1. The number of nitrogens with zero attached hydrogens (tertiary/aromatic N) is 3. The highest BCUT2D eigenvalue weighted by atomic mass is 35.5. The zero-order valence-corrected chi connectivity index (χ0v) is 11.9. The third-order valence-electron chi connectivity index (χ3n) is 2.82. The minimum Gasteiger partial charge on any atom is -0.271 e. The van der Waals surface area contributed by atoms with Gasteiger partial charge < -0.3 is 0 Å². The molecule has 5 nitrogen and oxygen atoms in total. The van der Waals surface area contributed by atoms with Crippen LogP contribution in [0.1, 0.15) is 29.2 Å². The first kappa shape index (κ1) is 13.5. The summed E-state index contributed by atoms with van der Waals surface area (Å²) in [6.07, 6.45) is 2.23. The summed E-state index contributed by atoms with van der Waals surface area (Å²) >= 11 is 7.88. The van der Waals surface area contributed by atoms with E-state index in [1.165, 1.54) is 0 Å². The van der Waals surface area contributed by atoms with Crippen molar-refractivity contribution in [2.45, 2.75) is 32.9 Å². The monoisotopic (exact) mass is 285 g/mol. The maximum absolute atomic E-state index is 6.27. The number of hydrogen-bond acceptors (Lipinski definition) is 5. The molecule has 7 heteroatoms. The van der Waals surface area contributed by atoms with E-state index in [1.54, 1.807) is 17.7 Å². The van der Waals surface area contributed by atoms with E-state index < -0.39 is 0 Å². The molecule has 0 amide bonds. The van der Waals surface area contributed by atoms with Crippen molar-refractivity contribution in [2.75, 3.05) is 0 Å². The molecule has 0 aliphatic carbocycles. The first-order valence-electron chi connectivity index (χ1n) is 5.73. The summed E-state index contributed by atoms with van der Waals surface area (Å²) in [7, 11) is 0. The Kier molecular flexibility index (Phi) is 4.34. The van der Waals surface area contributed by atoms with Crippen molar-refractivity contribution < 1.29 is 0 Å². The van der Waals surface area contributed by atoms with Gasteiger partial charge in [0.25, 0.3) is 0 Å². The van der Waals surface area contributed by atoms with Crippen LogP contribution < -0.4 is 11.3 Å². The summed E-state index contributed by atoms with van der Waals surface area (Å²) in [6, 6.07) is -0.0364. The maximum Gasteiger partial charge on any atom is 0.138 e. The molecule has 1 atom stereocenters. The Hall–Kier alpha value is -0.950. The fraction of sp³-hybridized carbons (Fsp3) is 0.455. The van der Waals surface area contributed by atoms with Crippen LogP contribution in [0.25, 0.3) is 0 Å². The highest BCUT2D eigenvalue weighted by Gasteiger charge is 2.19. The summed E-state index contributed by atoms with van der Waals surface area (Å²) in [4.78, 5) is 5.30. The molecule has 3 N–H and O–H groups in total. The molecule has 2 aromatic rings. The lowest BCUT2D eigenvalue weighted by atomic mass is 10.1. The lowest BCUT2D eigenvalue weighted by Crippen LogP contribution is -2.30. The Morgan fingerprint density at radius 1 is 1.61 bits per heavy atom. The molecule has 18 heavy (non-hydrogen) atoms. The average Bonchev–Trinajstić information content (AvgIpc) is 2.95. The molecule has 0 aromatic carbocycles. The first-order chi connectivity index (χ1) is 8.67. The largest absolute Gasteiger partial charge is 0.271 e. The first-order valence-corrected chi connectivity index (χ1v) is 6.99. The molecule has 0 saturated heterocycles. The molecule has 0 bridgehead atoms. The molecule has 0 radical (unpaired) electrons. The van der Waals surface area contributed by atoms with E-state index in [0.717, 1.165) is 27.8 Å². The van der Waals surface area contributed by atoms with Crippen LogP contribution in [0.3, 0.4) is 0 Å². The molecule has 98 valence electrons. The van der Waals surface area contributed by atoms with E-state index in [9.17, 15) is 0 Å². The number of hydrazine groups is 1. The maximum atomic E-state index is 6.27. The van der Waals surface area contributed by atoms with Crippen molar-refractivity contribution in [2.24, 2.45) is 5.84 Å². The molecule has 0 spiro atoms. The summed E-state index contributed by atoms with van der Waals surface area (Å²) in [5.74, 6) is 6.54. The van der Waals surface area contributed by atoms with E-state index in [2.05, 4.69) is 15.5 Å². The Bertz CT molecular complexity index is 521. The average molecular weight is 286 g/mol. The Balaban J connectivity index is 2.22. The molecular weight excluding hydrogens is 270 g/mol. The number of aromatic nitrogens is 3. The third-order valence-corrected chi connectivity index (χ3v) is 4.65. The number of rotatable bonds is 5. The van der Waals surface area contributed by atoms with Crippen LogP contribution >= 0.6 is 22.9 Å². The minimum atomic E-state index is -0.0364. The molecule has 1 unspecified atom stereocenters. The molecule has 2 rings (SSSR count). The van der Waals surface area contributed by atoms with E-state index in [-0.39, 0.29) is 6.04 Å². The van der Waals surface area contributed by atoms with Gasteiger partial charge in [0.2, 0.25) is 0 Å². The quantitative estimate of drug-likeness (QED) is 0.652. The van der Waals surface area contributed by atoms with Gasteiger partial charge in [-0.2, -0.15) is 5.10 Å². The van der Waals surface area contributed by atoms with E-state index in [1.807, 2.05) is 23.9 Å². The number of hydrogen-bond donors (Lipinski definition) is 2. The van der Waals surface area contributed by atoms with Gasteiger partial charge >= 0.3 is 0 Å². The Morgan fingerprint density at radius 3 is 2.94 bits per heavy atom. The molecule has 0 aliphatic rings. The van der Waals surface area contributed by atoms with Crippen molar-refractivity contribution in [3.05, 3.63) is 33.0 Å². The van der Waals surface area contributed by atoms with E-state index >= 15 is 0 Å². The van der Waals surface area contributed by atoms with Gasteiger partial charge in [0.1, 0.15) is 12.2 Å². The van der Waals surface area contributed by atoms with Crippen molar-refractivity contribution in [3.63, 3.8) is 0 Å². The van der Waals surface area contributed by atoms with Gasteiger partial charge in [-0.25, -0.2) is 4.98 Å². The predicted molar refractivity (Wildman–Crippen MR) is 73.5 cm³/mol. The summed E-state index contributed by atoms with van der Waals surface area (Å²) in [6.45, 7) is 4.82. The van der Waals surface area contributed by atoms with Crippen LogP contribution in [0.15, 0.2) is 11.7 Å². The van der Waals surface area contributed by atoms with Crippen molar-refractivity contribution in [1.29, 1.82) is 0 Å². The molecule has 0 saturated carbocycles. The highest BCUT2D eigenvalue weighted by Crippen LogP contribution is 2.33. The van der Waals surface area contributed by atoms with Crippen LogP contribution in [-0.2, 0) is 13.0 Å². The summed E-state index contributed by atoms with van der Waals surface area (Å²) < 4.78 is 1.86. The number of halogens is 1. The van der Waals surface area contributed by atoms with Crippen molar-refractivity contribution in [1.82, 2.24) is 20.2 Å². The van der Waals surface area contributed by atoms with Gasteiger partial charge in [-0.15, -0.1) is 11.3 Å².